The van der Waals surface area contributed by atoms with Crippen molar-refractivity contribution < 1.29 is 18.8 Å². The monoisotopic (exact) mass is 706 g/mol. The molecular formula is C41H30N4O4S2. The minimum Gasteiger partial charge on any atom is -0.465 e. The first kappa shape index (κ1) is 33.3. The SMILES string of the molecule is O=C(Nc1ccc(SC(C(=O)Nc2nc(-c3ccc4ccccc4c3)cs2)c2ccccc2)cc1)/C(=C/c1ccco1)NC(=O)c1ccccc1. The number of benzene rings is 5. The number of furan rings is 1. The van der Waals surface area contributed by atoms with Gasteiger partial charge >= 0.3 is 0 Å². The molecule has 8 nitrogen and oxygen atoms in total. The fraction of sp³-hybridized carbons (Fsp3) is 0.0244. The summed E-state index contributed by atoms with van der Waals surface area (Å²) in [4.78, 5) is 45.6. The summed E-state index contributed by atoms with van der Waals surface area (Å²) in [7, 11) is 0. The molecule has 0 spiro atoms. The maximum atomic E-state index is 13.8. The van der Waals surface area contributed by atoms with Crippen LogP contribution < -0.4 is 16.0 Å². The van der Waals surface area contributed by atoms with Crippen LogP contribution in [0.15, 0.2) is 166 Å². The number of carbonyl (C=O) groups is 3. The van der Waals surface area contributed by atoms with Crippen molar-refractivity contribution in [2.75, 3.05) is 10.6 Å². The molecule has 250 valence electrons. The van der Waals surface area contributed by atoms with Gasteiger partial charge in [-0.05, 0) is 70.9 Å². The highest BCUT2D eigenvalue weighted by atomic mass is 32.2. The molecule has 7 aromatic rings. The number of aromatic nitrogens is 1. The second kappa shape index (κ2) is 15.5. The van der Waals surface area contributed by atoms with Gasteiger partial charge in [0, 0.05) is 33.2 Å². The van der Waals surface area contributed by atoms with Crippen molar-refractivity contribution >= 4 is 68.5 Å². The molecule has 5 aromatic carbocycles. The molecule has 51 heavy (non-hydrogen) atoms. The minimum atomic E-state index is -0.573. The zero-order valence-corrected chi connectivity index (χ0v) is 28.6. The third-order valence-corrected chi connectivity index (χ3v) is 9.87. The molecule has 2 aromatic heterocycles. The topological polar surface area (TPSA) is 113 Å². The quantitative estimate of drug-likeness (QED) is 0.0913. The van der Waals surface area contributed by atoms with E-state index >= 15 is 0 Å². The van der Waals surface area contributed by atoms with Gasteiger partial charge in [-0.15, -0.1) is 23.1 Å². The van der Waals surface area contributed by atoms with Crippen molar-refractivity contribution in [1.29, 1.82) is 0 Å². The van der Waals surface area contributed by atoms with E-state index in [2.05, 4.69) is 40.2 Å². The second-order valence-electron chi connectivity index (χ2n) is 11.4. The van der Waals surface area contributed by atoms with Gasteiger partial charge in [0.25, 0.3) is 11.8 Å². The molecule has 0 fully saturated rings. The molecule has 3 amide bonds. The van der Waals surface area contributed by atoms with Gasteiger partial charge in [0.2, 0.25) is 5.91 Å². The molecule has 0 aliphatic rings. The lowest BCUT2D eigenvalue weighted by Crippen LogP contribution is -2.30. The number of thiazole rings is 1. The highest BCUT2D eigenvalue weighted by Crippen LogP contribution is 2.37. The summed E-state index contributed by atoms with van der Waals surface area (Å²) < 4.78 is 5.39. The number of anilines is 2. The van der Waals surface area contributed by atoms with Crippen molar-refractivity contribution in [3.63, 3.8) is 0 Å². The number of thioether (sulfide) groups is 1. The van der Waals surface area contributed by atoms with E-state index in [1.165, 1.54) is 35.4 Å². The van der Waals surface area contributed by atoms with E-state index in [0.717, 1.165) is 32.5 Å². The zero-order chi connectivity index (χ0) is 35.0. The van der Waals surface area contributed by atoms with Crippen LogP contribution in [0, 0.1) is 0 Å². The molecule has 0 saturated carbocycles. The minimum absolute atomic E-state index is 0.0176. The van der Waals surface area contributed by atoms with Gasteiger partial charge in [0.1, 0.15) is 16.7 Å². The number of fused-ring (bicyclic) bond motifs is 1. The van der Waals surface area contributed by atoms with E-state index in [9.17, 15) is 14.4 Å². The van der Waals surface area contributed by atoms with E-state index in [1.807, 2.05) is 72.1 Å². The Kier molecular flexibility index (Phi) is 10.1. The molecule has 0 saturated heterocycles. The largest absolute Gasteiger partial charge is 0.465 e. The normalized spacial score (nSPS) is 11.9. The highest BCUT2D eigenvalue weighted by molar-refractivity contribution is 8.00. The molecule has 1 atom stereocenters. The van der Waals surface area contributed by atoms with Gasteiger partial charge in [0.15, 0.2) is 5.13 Å². The average Bonchev–Trinajstić information content (AvgIpc) is 3.87. The smallest absolute Gasteiger partial charge is 0.272 e. The molecule has 2 heterocycles. The Morgan fingerprint density at radius 1 is 0.745 bits per heavy atom. The predicted octanol–water partition coefficient (Wildman–Crippen LogP) is 9.44. The maximum absolute atomic E-state index is 13.8. The number of nitrogens with zero attached hydrogens (tertiary/aromatic N) is 1. The Morgan fingerprint density at radius 2 is 1.47 bits per heavy atom. The van der Waals surface area contributed by atoms with E-state index in [4.69, 9.17) is 9.40 Å². The summed E-state index contributed by atoms with van der Waals surface area (Å²) >= 11 is 2.77. The number of hydrogen-bond donors (Lipinski definition) is 3. The molecule has 3 N–H and O–H groups in total. The third kappa shape index (κ3) is 8.33. The first-order valence-corrected chi connectivity index (χ1v) is 17.7. The van der Waals surface area contributed by atoms with Crippen LogP contribution in [-0.2, 0) is 9.59 Å². The van der Waals surface area contributed by atoms with Crippen LogP contribution in [0.5, 0.6) is 0 Å². The van der Waals surface area contributed by atoms with Crippen LogP contribution in [0.3, 0.4) is 0 Å². The summed E-state index contributed by atoms with van der Waals surface area (Å²) in [6.07, 6.45) is 2.96. The van der Waals surface area contributed by atoms with Crippen molar-refractivity contribution in [2.45, 2.75) is 10.1 Å². The van der Waals surface area contributed by atoms with Gasteiger partial charge in [-0.25, -0.2) is 4.98 Å². The lowest BCUT2D eigenvalue weighted by atomic mass is 10.1. The van der Waals surface area contributed by atoms with E-state index in [1.54, 1.807) is 48.5 Å². The van der Waals surface area contributed by atoms with Crippen LogP contribution >= 0.6 is 23.1 Å². The van der Waals surface area contributed by atoms with Crippen molar-refractivity contribution in [3.05, 3.63) is 174 Å². The summed E-state index contributed by atoms with van der Waals surface area (Å²) in [5.74, 6) is -0.745. The Morgan fingerprint density at radius 3 is 2.22 bits per heavy atom. The van der Waals surface area contributed by atoms with E-state index in [-0.39, 0.29) is 11.6 Å². The molecule has 10 heteroatoms. The summed E-state index contributed by atoms with van der Waals surface area (Å²) in [6, 6.07) is 43.1. The van der Waals surface area contributed by atoms with E-state index in [0.29, 0.717) is 22.1 Å². The van der Waals surface area contributed by atoms with Gasteiger partial charge in [0.05, 0.1) is 12.0 Å². The van der Waals surface area contributed by atoms with Gasteiger partial charge in [-0.1, -0.05) is 84.9 Å². The van der Waals surface area contributed by atoms with Crippen molar-refractivity contribution in [2.24, 2.45) is 0 Å². The van der Waals surface area contributed by atoms with Crippen LogP contribution in [0.1, 0.15) is 26.9 Å². The Balaban J connectivity index is 1.05. The number of carbonyl (C=O) groups excluding carboxylic acids is 3. The third-order valence-electron chi connectivity index (χ3n) is 7.84. The standard InChI is InChI=1S/C41H30N4O4S2/c46-38(29-13-5-2-6-14-29)43-35(25-33-16-9-23-49-33)39(47)42-32-19-21-34(22-20-32)51-37(28-11-3-1-4-12-28)40(48)45-41-44-36(26-50-41)31-18-17-27-10-7-8-15-30(27)24-31/h1-26,37H,(H,42,47)(H,43,46)(H,44,45,48)/b35-25-. The Hall–Kier alpha value is -6.23. The lowest BCUT2D eigenvalue weighted by molar-refractivity contribution is -0.116. The first-order valence-electron chi connectivity index (χ1n) is 16.0. The number of nitrogens with one attached hydrogen (secondary N) is 3. The van der Waals surface area contributed by atoms with Gasteiger partial charge < -0.3 is 20.4 Å². The molecule has 7 rings (SSSR count). The highest BCUT2D eigenvalue weighted by Gasteiger charge is 2.24. The number of rotatable bonds is 11. The van der Waals surface area contributed by atoms with Crippen LogP contribution in [0.4, 0.5) is 10.8 Å². The fourth-order valence-corrected chi connectivity index (χ4v) is 7.04. The molecule has 0 aliphatic heterocycles. The zero-order valence-electron chi connectivity index (χ0n) is 27.0. The molecule has 1 unspecified atom stereocenters. The van der Waals surface area contributed by atoms with Crippen LogP contribution in [0.2, 0.25) is 0 Å². The van der Waals surface area contributed by atoms with Crippen LogP contribution in [-0.4, -0.2) is 22.7 Å². The average molecular weight is 707 g/mol. The Labute approximate surface area is 302 Å². The molecule has 0 radical (unpaired) electrons. The number of hydrogen-bond acceptors (Lipinski definition) is 7. The molecule has 0 bridgehead atoms. The van der Waals surface area contributed by atoms with Crippen molar-refractivity contribution in [3.8, 4) is 11.3 Å². The fourth-order valence-electron chi connectivity index (χ4n) is 5.29. The van der Waals surface area contributed by atoms with E-state index < -0.39 is 17.1 Å². The second-order valence-corrected chi connectivity index (χ2v) is 13.4. The number of amides is 3. The maximum Gasteiger partial charge on any atom is 0.272 e. The van der Waals surface area contributed by atoms with Gasteiger partial charge in [-0.2, -0.15) is 0 Å². The summed E-state index contributed by atoms with van der Waals surface area (Å²) in [6.45, 7) is 0. The lowest BCUT2D eigenvalue weighted by Gasteiger charge is -2.16. The summed E-state index contributed by atoms with van der Waals surface area (Å²) in [5.41, 5.74) is 3.55. The van der Waals surface area contributed by atoms with Gasteiger partial charge in [-0.3, -0.25) is 14.4 Å². The Bertz CT molecular complexity index is 2320. The van der Waals surface area contributed by atoms with Crippen LogP contribution in [0.25, 0.3) is 28.1 Å². The molecular weight excluding hydrogens is 677 g/mol. The summed E-state index contributed by atoms with van der Waals surface area (Å²) in [5, 5.41) is 12.7. The van der Waals surface area contributed by atoms with Crippen molar-refractivity contribution in [1.82, 2.24) is 10.3 Å². The molecule has 0 aliphatic carbocycles. The predicted molar refractivity (Wildman–Crippen MR) is 204 cm³/mol. The first-order chi connectivity index (χ1) is 25.0.